The molecule has 1 fully saturated rings. The van der Waals surface area contributed by atoms with Crippen molar-refractivity contribution in [2.75, 3.05) is 40.3 Å². The lowest BCUT2D eigenvalue weighted by molar-refractivity contribution is -0.165. The molecule has 3 atom stereocenters. The summed E-state index contributed by atoms with van der Waals surface area (Å²) in [6.45, 7) is 3.31. The number of rotatable bonds is 8. The van der Waals surface area contributed by atoms with Crippen LogP contribution in [0.5, 0.6) is 0 Å². The van der Waals surface area contributed by atoms with E-state index in [9.17, 15) is 14.4 Å². The number of aliphatic hydroxyl groups is 2. The van der Waals surface area contributed by atoms with Gasteiger partial charge in [-0.05, 0) is 48.9 Å². The van der Waals surface area contributed by atoms with Crippen LogP contribution in [-0.4, -0.2) is 101 Å². The second-order valence-corrected chi connectivity index (χ2v) is 12.2. The lowest BCUT2D eigenvalue weighted by Gasteiger charge is -2.44. The fraction of sp³-hybridized carbons (Fsp3) is 0.519. The van der Waals surface area contributed by atoms with Crippen molar-refractivity contribution >= 4 is 52.4 Å². The molecule has 1 aromatic carbocycles. The van der Waals surface area contributed by atoms with E-state index in [4.69, 9.17) is 48.4 Å². The summed E-state index contributed by atoms with van der Waals surface area (Å²) in [5.74, 6) is -3.51. The Balaban J connectivity index is 0.000000378. The first-order valence-electron chi connectivity index (χ1n) is 12.8. The molecule has 2 aliphatic heterocycles. The molecule has 4 rings (SSSR count). The van der Waals surface area contributed by atoms with Crippen molar-refractivity contribution in [1.82, 2.24) is 9.80 Å². The number of likely N-dealkylation sites (tertiary alicyclic amines) is 1. The van der Waals surface area contributed by atoms with E-state index in [0.717, 1.165) is 60.4 Å². The number of aliphatic carboxylic acids is 2. The average Bonchev–Trinajstić information content (AvgIpc) is 3.31. The lowest BCUT2D eigenvalue weighted by atomic mass is 9.85. The Kier molecular flexibility index (Phi) is 11.4. The predicted octanol–water partition coefficient (Wildman–Crippen LogP) is 2.74. The quantitative estimate of drug-likeness (QED) is 0.351. The molecule has 2 aliphatic rings. The summed E-state index contributed by atoms with van der Waals surface area (Å²) in [4.78, 5) is 37.9. The predicted molar refractivity (Wildman–Crippen MR) is 151 cm³/mol. The minimum Gasteiger partial charge on any atom is -0.479 e. The van der Waals surface area contributed by atoms with E-state index in [2.05, 4.69) is 11.0 Å². The second kappa shape index (κ2) is 14.1. The van der Waals surface area contributed by atoms with Crippen LogP contribution in [0.4, 0.5) is 0 Å². The molecule has 1 saturated heterocycles. The van der Waals surface area contributed by atoms with E-state index >= 15 is 0 Å². The van der Waals surface area contributed by atoms with Gasteiger partial charge in [0.15, 0.2) is 12.2 Å². The summed E-state index contributed by atoms with van der Waals surface area (Å²) in [6, 6.07) is 9.92. The van der Waals surface area contributed by atoms with Gasteiger partial charge in [-0.3, -0.25) is 4.79 Å². The first-order chi connectivity index (χ1) is 18.8. The summed E-state index contributed by atoms with van der Waals surface area (Å²) < 4.78 is 7.18. The smallest absolute Gasteiger partial charge is 0.335 e. The van der Waals surface area contributed by atoms with Gasteiger partial charge in [-0.15, -0.1) is 11.3 Å². The molecule has 0 bridgehead atoms. The molecule has 10 nitrogen and oxygen atoms in total. The third kappa shape index (κ3) is 7.94. The number of aliphatic hydroxyl groups excluding tert-OH is 2. The molecule has 4 N–H and O–H groups in total. The van der Waals surface area contributed by atoms with Crippen LogP contribution in [0.2, 0.25) is 9.36 Å². The van der Waals surface area contributed by atoms with E-state index in [-0.39, 0.29) is 17.4 Å². The number of thiophene rings is 1. The van der Waals surface area contributed by atoms with Crippen LogP contribution in [0.1, 0.15) is 28.8 Å². The fourth-order valence-corrected chi connectivity index (χ4v) is 6.68. The van der Waals surface area contributed by atoms with Gasteiger partial charge < -0.3 is 35.0 Å². The molecule has 0 unspecified atom stereocenters. The third-order valence-corrected chi connectivity index (χ3v) is 8.96. The number of amides is 1. The Hall–Kier alpha value is -2.25. The number of ether oxygens (including phenoxy) is 1. The highest BCUT2D eigenvalue weighted by atomic mass is 35.5. The molecule has 0 saturated carbocycles. The number of carbonyl (C=O) groups excluding carboxylic acids is 1. The maximum Gasteiger partial charge on any atom is 0.335 e. The summed E-state index contributed by atoms with van der Waals surface area (Å²) in [7, 11) is 3.65. The molecule has 1 spiro atoms. The van der Waals surface area contributed by atoms with Gasteiger partial charge in [-0.2, -0.15) is 0 Å². The number of hydrogen-bond acceptors (Lipinski definition) is 8. The van der Waals surface area contributed by atoms with Crippen molar-refractivity contribution in [2.24, 2.45) is 5.92 Å². The van der Waals surface area contributed by atoms with Crippen LogP contribution < -0.4 is 0 Å². The van der Waals surface area contributed by atoms with Gasteiger partial charge >= 0.3 is 11.9 Å². The monoisotopic (exact) mass is 616 g/mol. The highest BCUT2D eigenvalue weighted by Gasteiger charge is 2.43. The SMILES string of the molecule is CN(C)C(=O)[C@H](Cc1ccccc1Cl)CN1CCC2(CC1)OCCc1cc(Cl)sc12.O=C(O)[C@H](O)[C@@H](O)C(=O)O. The number of piperidine rings is 1. The van der Waals surface area contributed by atoms with E-state index in [1.54, 1.807) is 16.2 Å². The average molecular weight is 618 g/mol. The van der Waals surface area contributed by atoms with Crippen LogP contribution in [0.3, 0.4) is 0 Å². The summed E-state index contributed by atoms with van der Waals surface area (Å²) in [5.41, 5.74) is 2.18. The Labute approximate surface area is 246 Å². The molecule has 220 valence electrons. The van der Waals surface area contributed by atoms with Gasteiger partial charge in [0.2, 0.25) is 5.91 Å². The third-order valence-electron chi connectivity index (χ3n) is 7.10. The Bertz CT molecular complexity index is 1180. The van der Waals surface area contributed by atoms with Gasteiger partial charge in [0.25, 0.3) is 0 Å². The number of benzene rings is 1. The van der Waals surface area contributed by atoms with Crippen molar-refractivity contribution in [1.29, 1.82) is 0 Å². The Morgan fingerprint density at radius 3 is 2.23 bits per heavy atom. The molecule has 2 aromatic rings. The highest BCUT2D eigenvalue weighted by molar-refractivity contribution is 7.16. The van der Waals surface area contributed by atoms with Crippen molar-refractivity contribution < 1.29 is 39.5 Å². The molecule has 1 amide bonds. The number of carboxylic acid groups (broad SMARTS) is 2. The number of nitrogens with zero attached hydrogens (tertiary/aromatic N) is 2. The van der Waals surface area contributed by atoms with E-state index < -0.39 is 24.1 Å². The molecule has 13 heteroatoms. The maximum atomic E-state index is 12.9. The van der Waals surface area contributed by atoms with Crippen molar-refractivity contribution in [2.45, 2.75) is 43.5 Å². The lowest BCUT2D eigenvalue weighted by Crippen LogP contribution is -2.48. The van der Waals surface area contributed by atoms with Gasteiger partial charge in [0.1, 0.15) is 5.60 Å². The zero-order valence-electron chi connectivity index (χ0n) is 22.3. The molecule has 3 heterocycles. The zero-order chi connectivity index (χ0) is 29.6. The Morgan fingerprint density at radius 2 is 1.68 bits per heavy atom. The topological polar surface area (TPSA) is 148 Å². The molecule has 0 aliphatic carbocycles. The summed E-state index contributed by atoms with van der Waals surface area (Å²) in [5, 5.41) is 33.3. The molecular formula is C27H34Cl2N2O8S. The number of hydrogen-bond donors (Lipinski definition) is 4. The molecular weight excluding hydrogens is 583 g/mol. The van der Waals surface area contributed by atoms with Gasteiger partial charge in [0.05, 0.1) is 16.9 Å². The minimum absolute atomic E-state index is 0.118. The van der Waals surface area contributed by atoms with Crippen LogP contribution in [0.15, 0.2) is 30.3 Å². The standard InChI is InChI=1S/C23H28Cl2N2O2S.C4H6O6/c1-26(2)22(28)18(13-16-5-3-4-6-19(16)24)15-27-10-8-23(9-11-27)21-17(7-12-29-23)14-20(25)30-21;5-1(3(7)8)2(6)4(9)10/h3-6,14,18H,7-13,15H2,1-2H3;1-2,5-6H,(H,7,8)(H,9,10)/t18-;1-,2-/m11/s1. The van der Waals surface area contributed by atoms with Crippen LogP contribution in [0, 0.1) is 5.92 Å². The maximum absolute atomic E-state index is 12.9. The number of carbonyl (C=O) groups is 3. The minimum atomic E-state index is -2.27. The van der Waals surface area contributed by atoms with Gasteiger partial charge in [-0.1, -0.05) is 41.4 Å². The Morgan fingerprint density at radius 1 is 1.07 bits per heavy atom. The van der Waals surface area contributed by atoms with Gasteiger partial charge in [0, 0.05) is 43.6 Å². The van der Waals surface area contributed by atoms with E-state index in [1.165, 1.54) is 10.4 Å². The molecule has 1 aromatic heterocycles. The molecule has 0 radical (unpaired) electrons. The second-order valence-electron chi connectivity index (χ2n) is 10.1. The van der Waals surface area contributed by atoms with Crippen molar-refractivity contribution in [3.05, 3.63) is 55.7 Å². The highest BCUT2D eigenvalue weighted by Crippen LogP contribution is 2.46. The van der Waals surface area contributed by atoms with Crippen LogP contribution in [0.25, 0.3) is 0 Å². The fourth-order valence-electron chi connectivity index (χ4n) is 4.96. The normalized spacial score (nSPS) is 18.6. The summed E-state index contributed by atoms with van der Waals surface area (Å²) >= 11 is 14.4. The van der Waals surface area contributed by atoms with E-state index in [0.29, 0.717) is 6.42 Å². The first-order valence-corrected chi connectivity index (χ1v) is 14.3. The zero-order valence-corrected chi connectivity index (χ0v) is 24.6. The van der Waals surface area contributed by atoms with Gasteiger partial charge in [-0.25, -0.2) is 9.59 Å². The number of fused-ring (bicyclic) bond motifs is 2. The van der Waals surface area contributed by atoms with Crippen LogP contribution in [-0.2, 0) is 37.6 Å². The van der Waals surface area contributed by atoms with Crippen molar-refractivity contribution in [3.8, 4) is 0 Å². The van der Waals surface area contributed by atoms with Crippen LogP contribution >= 0.6 is 34.5 Å². The molecule has 40 heavy (non-hydrogen) atoms. The first kappa shape index (κ1) is 32.3. The largest absolute Gasteiger partial charge is 0.479 e. The van der Waals surface area contributed by atoms with E-state index in [1.807, 2.05) is 38.4 Å². The van der Waals surface area contributed by atoms with Crippen molar-refractivity contribution in [3.63, 3.8) is 0 Å². The summed E-state index contributed by atoms with van der Waals surface area (Å²) in [6.07, 6.45) is -1.06. The number of halogens is 2. The number of carboxylic acids is 2.